The Kier molecular flexibility index (Phi) is 3.86. The van der Waals surface area contributed by atoms with Crippen molar-refractivity contribution >= 4 is 44.9 Å². The fourth-order valence-corrected chi connectivity index (χ4v) is 3.76. The molecule has 0 aliphatic heterocycles. The highest BCUT2D eigenvalue weighted by atomic mass is 32.1. The lowest BCUT2D eigenvalue weighted by Gasteiger charge is -1.95. The van der Waals surface area contributed by atoms with Crippen LogP contribution in [0.25, 0.3) is 16.3 Å². The number of hydrogen-bond acceptors (Lipinski definition) is 3. The Balaban J connectivity index is 1.95. The van der Waals surface area contributed by atoms with E-state index in [2.05, 4.69) is 30.1 Å². The molecule has 2 heterocycles. The lowest BCUT2D eigenvalue weighted by molar-refractivity contribution is -0.113. The number of benzene rings is 1. The molecule has 0 saturated heterocycles. The molecule has 3 aromatic rings. The van der Waals surface area contributed by atoms with Crippen molar-refractivity contribution in [3.8, 4) is 0 Å². The van der Waals surface area contributed by atoms with Crippen LogP contribution in [0.3, 0.4) is 0 Å². The Labute approximate surface area is 130 Å². The molecular weight excluding hydrogens is 300 g/mol. The Morgan fingerprint density at radius 1 is 1.33 bits per heavy atom. The highest BCUT2D eigenvalue weighted by molar-refractivity contribution is 7.16. The summed E-state index contributed by atoms with van der Waals surface area (Å²) in [6.07, 6.45) is 3.31. The maximum atomic E-state index is 11.9. The van der Waals surface area contributed by atoms with E-state index in [1.165, 1.54) is 23.0 Å². The number of rotatable bonds is 2. The van der Waals surface area contributed by atoms with Gasteiger partial charge in [0, 0.05) is 18.0 Å². The lowest BCUT2D eigenvalue weighted by atomic mass is 10.2. The largest absolute Gasteiger partial charge is 0.319 e. The van der Waals surface area contributed by atoms with Gasteiger partial charge in [-0.1, -0.05) is 23.5 Å². The van der Waals surface area contributed by atoms with E-state index in [0.717, 1.165) is 19.9 Å². The molecule has 0 unspecified atom stereocenters. The summed E-state index contributed by atoms with van der Waals surface area (Å²) in [6, 6.07) is 10.2. The minimum atomic E-state index is -0.234. The number of aryl methyl sites for hydroxylation is 2. The van der Waals surface area contributed by atoms with Gasteiger partial charge < -0.3 is 4.57 Å². The number of carbonyl (C=O) groups is 1. The molecule has 0 aliphatic carbocycles. The number of carbonyl (C=O) groups excluding carboxylic acids is 1. The van der Waals surface area contributed by atoms with Gasteiger partial charge in [0.05, 0.1) is 10.2 Å². The minimum Gasteiger partial charge on any atom is -0.319 e. The molecular formula is C16H14N2OS2. The molecule has 5 heteroatoms. The van der Waals surface area contributed by atoms with Crippen LogP contribution in [0, 0.1) is 6.92 Å². The van der Waals surface area contributed by atoms with Crippen LogP contribution in [-0.4, -0.2) is 10.5 Å². The van der Waals surface area contributed by atoms with Gasteiger partial charge in [0.2, 0.25) is 0 Å². The van der Waals surface area contributed by atoms with Crippen LogP contribution in [0.2, 0.25) is 0 Å². The Morgan fingerprint density at radius 3 is 2.95 bits per heavy atom. The first-order valence-corrected chi connectivity index (χ1v) is 8.19. The van der Waals surface area contributed by atoms with E-state index in [1.54, 1.807) is 17.4 Å². The maximum Gasteiger partial charge on any atom is 0.272 e. The number of fused-ring (bicyclic) bond motifs is 1. The Bertz CT molecular complexity index is 883. The molecule has 106 valence electrons. The monoisotopic (exact) mass is 314 g/mol. The number of nitrogens with zero attached hydrogens (tertiary/aromatic N) is 2. The van der Waals surface area contributed by atoms with Gasteiger partial charge >= 0.3 is 0 Å². The molecule has 21 heavy (non-hydrogen) atoms. The zero-order valence-electron chi connectivity index (χ0n) is 11.7. The Hall–Kier alpha value is -1.98. The second-order valence-electron chi connectivity index (χ2n) is 4.71. The number of amides is 1. The van der Waals surface area contributed by atoms with E-state index >= 15 is 0 Å². The summed E-state index contributed by atoms with van der Waals surface area (Å²) in [4.78, 5) is 17.9. The predicted octanol–water partition coefficient (Wildman–Crippen LogP) is 3.75. The third-order valence-corrected chi connectivity index (χ3v) is 5.04. The number of hydrogen-bond donors (Lipinski definition) is 0. The van der Waals surface area contributed by atoms with Crippen LogP contribution in [0.5, 0.6) is 0 Å². The summed E-state index contributed by atoms with van der Waals surface area (Å²) in [6.45, 7) is 2.06. The first-order chi connectivity index (χ1) is 10.1. The van der Waals surface area contributed by atoms with E-state index < -0.39 is 0 Å². The van der Waals surface area contributed by atoms with Gasteiger partial charge in [-0.25, -0.2) is 0 Å². The van der Waals surface area contributed by atoms with Crippen molar-refractivity contribution < 1.29 is 4.79 Å². The van der Waals surface area contributed by atoms with E-state index in [0.29, 0.717) is 0 Å². The van der Waals surface area contributed by atoms with Gasteiger partial charge in [-0.2, -0.15) is 4.99 Å². The van der Waals surface area contributed by atoms with Gasteiger partial charge in [0.1, 0.15) is 0 Å². The molecule has 0 aliphatic rings. The zero-order chi connectivity index (χ0) is 14.8. The molecule has 0 spiro atoms. The summed E-state index contributed by atoms with van der Waals surface area (Å²) in [5.41, 5.74) is 2.30. The molecule has 0 N–H and O–H groups in total. The summed E-state index contributed by atoms with van der Waals surface area (Å²) in [5, 5.41) is 1.98. The SMILES string of the molecule is Cc1ccc2c(c1)sc(=NC(=O)/C=C/c1cccs1)n2C. The molecule has 0 bridgehead atoms. The molecule has 0 atom stereocenters. The average molecular weight is 314 g/mol. The van der Waals surface area contributed by atoms with E-state index in [-0.39, 0.29) is 5.91 Å². The van der Waals surface area contributed by atoms with Crippen molar-refractivity contribution in [3.05, 3.63) is 57.0 Å². The van der Waals surface area contributed by atoms with Crippen LogP contribution in [0.1, 0.15) is 10.4 Å². The van der Waals surface area contributed by atoms with Gasteiger partial charge in [-0.15, -0.1) is 11.3 Å². The van der Waals surface area contributed by atoms with Crippen LogP contribution in [-0.2, 0) is 11.8 Å². The van der Waals surface area contributed by atoms with Crippen molar-refractivity contribution in [3.63, 3.8) is 0 Å². The first kappa shape index (κ1) is 14.0. The summed E-state index contributed by atoms with van der Waals surface area (Å²) >= 11 is 3.13. The van der Waals surface area contributed by atoms with Crippen LogP contribution in [0.4, 0.5) is 0 Å². The molecule has 0 radical (unpaired) electrons. The van der Waals surface area contributed by atoms with Crippen molar-refractivity contribution in [1.82, 2.24) is 4.57 Å². The molecule has 1 aromatic carbocycles. The van der Waals surface area contributed by atoms with Gasteiger partial charge in [0.25, 0.3) is 5.91 Å². The van der Waals surface area contributed by atoms with Gasteiger partial charge in [0.15, 0.2) is 4.80 Å². The second-order valence-corrected chi connectivity index (χ2v) is 6.70. The van der Waals surface area contributed by atoms with E-state index in [9.17, 15) is 4.79 Å². The quantitative estimate of drug-likeness (QED) is 0.663. The standard InChI is InChI=1S/C16H14N2OS2/c1-11-5-7-13-14(10-11)21-16(18(13)2)17-15(19)8-6-12-4-3-9-20-12/h3-10H,1-2H3/b8-6+,17-16?. The first-order valence-electron chi connectivity index (χ1n) is 6.50. The van der Waals surface area contributed by atoms with Crippen LogP contribution >= 0.6 is 22.7 Å². The fraction of sp³-hybridized carbons (Fsp3) is 0.125. The van der Waals surface area contributed by atoms with Crippen LogP contribution < -0.4 is 4.80 Å². The molecule has 2 aromatic heterocycles. The maximum absolute atomic E-state index is 11.9. The highest BCUT2D eigenvalue weighted by Gasteiger charge is 2.03. The lowest BCUT2D eigenvalue weighted by Crippen LogP contribution is -2.12. The number of thiazole rings is 1. The second kappa shape index (κ2) is 5.79. The predicted molar refractivity (Wildman–Crippen MR) is 89.5 cm³/mol. The molecule has 0 fully saturated rings. The summed E-state index contributed by atoms with van der Waals surface area (Å²) < 4.78 is 3.10. The smallest absolute Gasteiger partial charge is 0.272 e. The number of aromatic nitrogens is 1. The van der Waals surface area contributed by atoms with E-state index in [4.69, 9.17) is 0 Å². The minimum absolute atomic E-state index is 0.234. The van der Waals surface area contributed by atoms with Crippen molar-refractivity contribution in [1.29, 1.82) is 0 Å². The topological polar surface area (TPSA) is 34.4 Å². The molecule has 1 amide bonds. The number of thiophene rings is 1. The summed E-state index contributed by atoms with van der Waals surface area (Å²) in [5.74, 6) is -0.234. The molecule has 3 rings (SSSR count). The normalized spacial score (nSPS) is 12.6. The zero-order valence-corrected chi connectivity index (χ0v) is 13.4. The van der Waals surface area contributed by atoms with Crippen molar-refractivity contribution in [2.45, 2.75) is 6.92 Å². The third kappa shape index (κ3) is 3.04. The van der Waals surface area contributed by atoms with Crippen molar-refractivity contribution in [2.75, 3.05) is 0 Å². The third-order valence-electron chi connectivity index (χ3n) is 3.10. The molecule has 3 nitrogen and oxygen atoms in total. The summed E-state index contributed by atoms with van der Waals surface area (Å²) in [7, 11) is 1.93. The van der Waals surface area contributed by atoms with Gasteiger partial charge in [-0.05, 0) is 42.1 Å². The Morgan fingerprint density at radius 2 is 2.19 bits per heavy atom. The van der Waals surface area contributed by atoms with Crippen LogP contribution in [0.15, 0.2) is 46.8 Å². The fourth-order valence-electron chi connectivity index (χ4n) is 2.02. The van der Waals surface area contributed by atoms with Gasteiger partial charge in [-0.3, -0.25) is 4.79 Å². The average Bonchev–Trinajstić information content (AvgIpc) is 3.06. The highest BCUT2D eigenvalue weighted by Crippen LogP contribution is 2.17. The molecule has 0 saturated carbocycles. The van der Waals surface area contributed by atoms with E-state index in [1.807, 2.05) is 29.1 Å². The van der Waals surface area contributed by atoms with Crippen molar-refractivity contribution in [2.24, 2.45) is 12.0 Å².